The number of carbonyl (C=O) groups is 1. The van der Waals surface area contributed by atoms with E-state index in [0.29, 0.717) is 12.2 Å². The van der Waals surface area contributed by atoms with E-state index in [4.69, 9.17) is 11.6 Å². The number of benzene rings is 3. The van der Waals surface area contributed by atoms with Crippen LogP contribution in [-0.4, -0.2) is 20.9 Å². The van der Waals surface area contributed by atoms with Gasteiger partial charge in [0.1, 0.15) is 4.90 Å². The number of anilines is 1. The Labute approximate surface area is 188 Å². The summed E-state index contributed by atoms with van der Waals surface area (Å²) >= 11 is 6.18. The fraction of sp³-hybridized carbons (Fsp3) is 0.208. The van der Waals surface area contributed by atoms with Crippen molar-refractivity contribution in [2.45, 2.75) is 31.6 Å². The molecule has 0 fully saturated rings. The zero-order valence-corrected chi connectivity index (χ0v) is 19.2. The van der Waals surface area contributed by atoms with Crippen LogP contribution < -0.4 is 10.0 Å². The molecular weight excluding hydrogens is 432 g/mol. The fourth-order valence-corrected chi connectivity index (χ4v) is 4.79. The first-order valence-corrected chi connectivity index (χ1v) is 11.8. The summed E-state index contributed by atoms with van der Waals surface area (Å²) in [5.41, 5.74) is 3.53. The van der Waals surface area contributed by atoms with E-state index in [9.17, 15) is 13.2 Å². The molecule has 3 aromatic carbocycles. The minimum atomic E-state index is -3.98. The average molecular weight is 457 g/mol. The van der Waals surface area contributed by atoms with Crippen LogP contribution in [0.3, 0.4) is 0 Å². The maximum atomic E-state index is 13.0. The van der Waals surface area contributed by atoms with Gasteiger partial charge >= 0.3 is 0 Å². The summed E-state index contributed by atoms with van der Waals surface area (Å²) in [6.45, 7) is 6.14. The smallest absolute Gasteiger partial charge is 0.263 e. The highest BCUT2D eigenvalue weighted by atomic mass is 35.5. The van der Waals surface area contributed by atoms with Gasteiger partial charge in [0.15, 0.2) is 0 Å². The van der Waals surface area contributed by atoms with Crippen molar-refractivity contribution in [3.63, 3.8) is 0 Å². The van der Waals surface area contributed by atoms with E-state index in [0.717, 1.165) is 16.7 Å². The van der Waals surface area contributed by atoms with Crippen LogP contribution in [0.15, 0.2) is 71.6 Å². The lowest BCUT2D eigenvalue weighted by molar-refractivity contribution is 0.0951. The SMILES string of the molecule is Cc1ccc(C)c(NS(=O)(=O)c2cc(C(=O)NCC(C)c3ccccc3)ccc2Cl)c1. The van der Waals surface area contributed by atoms with Crippen LogP contribution in [-0.2, 0) is 10.0 Å². The quantitative estimate of drug-likeness (QED) is 0.507. The Kier molecular flexibility index (Phi) is 7.03. The van der Waals surface area contributed by atoms with Gasteiger partial charge < -0.3 is 5.32 Å². The van der Waals surface area contributed by atoms with Crippen molar-refractivity contribution in [1.82, 2.24) is 5.32 Å². The molecule has 3 aromatic rings. The first kappa shape index (κ1) is 22.8. The lowest BCUT2D eigenvalue weighted by Gasteiger charge is -2.15. The summed E-state index contributed by atoms with van der Waals surface area (Å²) in [6, 6.07) is 19.6. The van der Waals surface area contributed by atoms with Crippen LogP contribution in [0, 0.1) is 13.8 Å². The van der Waals surface area contributed by atoms with E-state index in [1.807, 2.05) is 63.2 Å². The van der Waals surface area contributed by atoms with Crippen LogP contribution in [0.5, 0.6) is 0 Å². The van der Waals surface area contributed by atoms with Crippen LogP contribution in [0.1, 0.15) is 39.9 Å². The summed E-state index contributed by atoms with van der Waals surface area (Å²) in [6.07, 6.45) is 0. The van der Waals surface area contributed by atoms with Gasteiger partial charge in [-0.05, 0) is 60.7 Å². The highest BCUT2D eigenvalue weighted by Crippen LogP contribution is 2.27. The molecule has 0 bridgehead atoms. The zero-order valence-electron chi connectivity index (χ0n) is 17.6. The average Bonchev–Trinajstić information content (AvgIpc) is 2.75. The normalized spacial score (nSPS) is 12.3. The number of amides is 1. The molecule has 0 spiro atoms. The molecule has 162 valence electrons. The van der Waals surface area contributed by atoms with Gasteiger partial charge in [0.05, 0.1) is 10.7 Å². The maximum absolute atomic E-state index is 13.0. The van der Waals surface area contributed by atoms with Gasteiger partial charge in [-0.2, -0.15) is 0 Å². The summed E-state index contributed by atoms with van der Waals surface area (Å²) < 4.78 is 28.5. The molecule has 1 unspecified atom stereocenters. The topological polar surface area (TPSA) is 75.3 Å². The summed E-state index contributed by atoms with van der Waals surface area (Å²) in [5.74, 6) is -0.241. The van der Waals surface area contributed by atoms with E-state index in [2.05, 4.69) is 10.0 Å². The van der Waals surface area contributed by atoms with Crippen molar-refractivity contribution in [3.05, 3.63) is 94.0 Å². The van der Waals surface area contributed by atoms with Crippen molar-refractivity contribution < 1.29 is 13.2 Å². The molecule has 1 atom stereocenters. The van der Waals surface area contributed by atoms with Gasteiger partial charge in [0.2, 0.25) is 0 Å². The Bertz CT molecular complexity index is 1190. The summed E-state index contributed by atoms with van der Waals surface area (Å²) in [4.78, 5) is 12.5. The van der Waals surface area contributed by atoms with E-state index >= 15 is 0 Å². The number of hydrogen-bond donors (Lipinski definition) is 2. The second-order valence-corrected chi connectivity index (χ2v) is 9.65. The second kappa shape index (κ2) is 9.54. The third kappa shape index (κ3) is 5.66. The molecule has 0 aliphatic heterocycles. The molecule has 0 heterocycles. The lowest BCUT2D eigenvalue weighted by Crippen LogP contribution is -2.27. The van der Waals surface area contributed by atoms with Gasteiger partial charge in [0.25, 0.3) is 15.9 Å². The van der Waals surface area contributed by atoms with Crippen molar-refractivity contribution in [2.75, 3.05) is 11.3 Å². The molecule has 3 rings (SSSR count). The fourth-order valence-electron chi connectivity index (χ4n) is 3.14. The number of rotatable bonds is 7. The third-order valence-corrected chi connectivity index (χ3v) is 6.90. The Morgan fingerprint density at radius 1 is 1.00 bits per heavy atom. The van der Waals surface area contributed by atoms with Gasteiger partial charge in [-0.3, -0.25) is 9.52 Å². The number of hydrogen-bond acceptors (Lipinski definition) is 3. The first-order chi connectivity index (χ1) is 14.7. The molecule has 0 saturated heterocycles. The Hall–Kier alpha value is -2.83. The molecule has 0 aliphatic carbocycles. The van der Waals surface area contributed by atoms with E-state index in [1.54, 1.807) is 6.07 Å². The lowest BCUT2D eigenvalue weighted by atomic mass is 10.0. The van der Waals surface area contributed by atoms with Gasteiger partial charge in [-0.1, -0.05) is 61.0 Å². The highest BCUT2D eigenvalue weighted by Gasteiger charge is 2.21. The van der Waals surface area contributed by atoms with Crippen molar-refractivity contribution in [3.8, 4) is 0 Å². The molecule has 1 amide bonds. The van der Waals surface area contributed by atoms with E-state index < -0.39 is 10.0 Å². The van der Waals surface area contributed by atoms with Gasteiger partial charge in [0, 0.05) is 12.1 Å². The molecule has 7 heteroatoms. The van der Waals surface area contributed by atoms with Crippen molar-refractivity contribution >= 4 is 33.2 Å². The molecule has 0 radical (unpaired) electrons. The third-order valence-electron chi connectivity index (χ3n) is 5.06. The van der Waals surface area contributed by atoms with Crippen LogP contribution >= 0.6 is 11.6 Å². The standard InChI is InChI=1S/C24H25ClN2O3S/c1-16-9-10-17(2)22(13-16)27-31(29,30)23-14-20(11-12-21(23)25)24(28)26-15-18(3)19-7-5-4-6-8-19/h4-14,18,27H,15H2,1-3H3,(H,26,28). The summed E-state index contributed by atoms with van der Waals surface area (Å²) in [7, 11) is -3.98. The number of aryl methyl sites for hydroxylation is 2. The molecular formula is C24H25ClN2O3S. The molecule has 2 N–H and O–H groups in total. The first-order valence-electron chi connectivity index (χ1n) is 9.90. The summed E-state index contributed by atoms with van der Waals surface area (Å²) in [5, 5.41) is 2.91. The number of sulfonamides is 1. The van der Waals surface area contributed by atoms with Crippen LogP contribution in [0.25, 0.3) is 0 Å². The van der Waals surface area contributed by atoms with E-state index in [-0.39, 0.29) is 27.3 Å². The minimum absolute atomic E-state index is 0.0482. The molecule has 0 saturated carbocycles. The van der Waals surface area contributed by atoms with Crippen molar-refractivity contribution in [2.24, 2.45) is 0 Å². The molecule has 31 heavy (non-hydrogen) atoms. The van der Waals surface area contributed by atoms with Gasteiger partial charge in [-0.15, -0.1) is 0 Å². The Balaban J connectivity index is 1.79. The maximum Gasteiger partial charge on any atom is 0.263 e. The van der Waals surface area contributed by atoms with E-state index in [1.165, 1.54) is 18.2 Å². The molecule has 5 nitrogen and oxygen atoms in total. The number of nitrogens with one attached hydrogen (secondary N) is 2. The largest absolute Gasteiger partial charge is 0.351 e. The number of halogens is 1. The predicted octanol–water partition coefficient (Wildman–Crippen LogP) is 5.29. The van der Waals surface area contributed by atoms with Gasteiger partial charge in [-0.25, -0.2) is 8.42 Å². The monoisotopic (exact) mass is 456 g/mol. The molecule has 0 aliphatic rings. The number of carbonyl (C=O) groups excluding carboxylic acids is 1. The predicted molar refractivity (Wildman–Crippen MR) is 125 cm³/mol. The zero-order chi connectivity index (χ0) is 22.6. The van der Waals surface area contributed by atoms with Crippen LogP contribution in [0.4, 0.5) is 5.69 Å². The molecule has 0 aromatic heterocycles. The minimum Gasteiger partial charge on any atom is -0.351 e. The highest BCUT2D eigenvalue weighted by molar-refractivity contribution is 7.92. The Morgan fingerprint density at radius 3 is 2.42 bits per heavy atom. The second-order valence-electron chi connectivity index (χ2n) is 7.59. The van der Waals surface area contributed by atoms with Crippen molar-refractivity contribution in [1.29, 1.82) is 0 Å². The van der Waals surface area contributed by atoms with Crippen LogP contribution in [0.2, 0.25) is 5.02 Å². The Morgan fingerprint density at radius 2 is 1.71 bits per heavy atom.